The summed E-state index contributed by atoms with van der Waals surface area (Å²) in [6.07, 6.45) is 5.76. The maximum Gasteiger partial charge on any atom is 0.267 e. The Morgan fingerprint density at radius 3 is 2.82 bits per heavy atom. The molecule has 0 atom stereocenters. The van der Waals surface area contributed by atoms with E-state index in [2.05, 4.69) is 15.3 Å². The van der Waals surface area contributed by atoms with E-state index in [0.29, 0.717) is 30.9 Å². The number of carbonyl (C=O) groups is 1. The lowest BCUT2D eigenvalue weighted by atomic mass is 10.1. The molecule has 2 N–H and O–H groups in total. The number of amides is 1. The normalized spacial score (nSPS) is 11.4. The van der Waals surface area contributed by atoms with Crippen LogP contribution in [0.25, 0.3) is 16.7 Å². The molecule has 34 heavy (non-hydrogen) atoms. The zero-order valence-electron chi connectivity index (χ0n) is 19.5. The van der Waals surface area contributed by atoms with Gasteiger partial charge in [-0.3, -0.25) is 24.4 Å². The summed E-state index contributed by atoms with van der Waals surface area (Å²) >= 11 is 0. The minimum Gasteiger partial charge on any atom is -0.379 e. The third-order valence-corrected chi connectivity index (χ3v) is 5.45. The van der Waals surface area contributed by atoms with E-state index in [0.717, 1.165) is 11.1 Å². The number of pyridine rings is 3. The van der Waals surface area contributed by atoms with Crippen LogP contribution in [0.3, 0.4) is 0 Å². The number of aryl methyl sites for hydroxylation is 2. The van der Waals surface area contributed by atoms with Crippen LogP contribution in [0.2, 0.25) is 0 Å². The van der Waals surface area contributed by atoms with E-state index in [1.807, 2.05) is 32.9 Å². The molecular formula is C25H28N6O3. The van der Waals surface area contributed by atoms with Gasteiger partial charge in [-0.15, -0.1) is 0 Å². The van der Waals surface area contributed by atoms with Crippen LogP contribution in [0, 0.1) is 12.3 Å². The molecule has 9 nitrogen and oxygen atoms in total. The Labute approximate surface area is 196 Å². The fraction of sp³-hybridized carbons (Fsp3) is 0.320. The molecule has 4 aromatic rings. The van der Waals surface area contributed by atoms with Gasteiger partial charge in [-0.25, -0.2) is 4.98 Å². The van der Waals surface area contributed by atoms with Gasteiger partial charge in [0.2, 0.25) is 0 Å². The van der Waals surface area contributed by atoms with Crippen molar-refractivity contribution in [3.63, 3.8) is 0 Å². The summed E-state index contributed by atoms with van der Waals surface area (Å²) in [5, 5.41) is 11.9. The molecule has 0 aliphatic heterocycles. The van der Waals surface area contributed by atoms with Crippen molar-refractivity contribution in [1.29, 1.82) is 5.41 Å². The Kier molecular flexibility index (Phi) is 6.83. The highest BCUT2D eigenvalue weighted by atomic mass is 16.5. The molecule has 0 saturated carbocycles. The van der Waals surface area contributed by atoms with Gasteiger partial charge in [0, 0.05) is 38.3 Å². The van der Waals surface area contributed by atoms with Gasteiger partial charge in [0.1, 0.15) is 16.8 Å². The third kappa shape index (κ3) is 4.89. The van der Waals surface area contributed by atoms with Crippen LogP contribution in [-0.2, 0) is 17.8 Å². The van der Waals surface area contributed by atoms with Gasteiger partial charge in [-0.05, 0) is 56.5 Å². The summed E-state index contributed by atoms with van der Waals surface area (Å²) in [5.41, 5.74) is 2.47. The number of ether oxygens (including phenoxy) is 1. The summed E-state index contributed by atoms with van der Waals surface area (Å²) < 4.78 is 8.74. The van der Waals surface area contributed by atoms with Crippen LogP contribution in [0.5, 0.6) is 0 Å². The SMILES string of the molecule is Cc1ccc2nc3c(cc(C(=O)NCc4cccnc4)c(=N)n3CCCOC(C)C)c(=O)n2c1. The molecule has 4 aromatic heterocycles. The van der Waals surface area contributed by atoms with Crippen molar-refractivity contribution in [3.05, 3.63) is 81.5 Å². The Hall–Kier alpha value is -3.85. The summed E-state index contributed by atoms with van der Waals surface area (Å²) in [7, 11) is 0. The van der Waals surface area contributed by atoms with E-state index >= 15 is 0 Å². The predicted octanol–water partition coefficient (Wildman–Crippen LogP) is 2.58. The van der Waals surface area contributed by atoms with Gasteiger partial charge in [0.25, 0.3) is 11.5 Å². The van der Waals surface area contributed by atoms with Gasteiger partial charge in [-0.1, -0.05) is 12.1 Å². The van der Waals surface area contributed by atoms with Crippen molar-refractivity contribution < 1.29 is 9.53 Å². The molecule has 1 amide bonds. The van der Waals surface area contributed by atoms with Crippen LogP contribution < -0.4 is 16.4 Å². The van der Waals surface area contributed by atoms with E-state index in [-0.39, 0.29) is 34.6 Å². The Morgan fingerprint density at radius 2 is 2.09 bits per heavy atom. The summed E-state index contributed by atoms with van der Waals surface area (Å²) in [4.78, 5) is 35.2. The van der Waals surface area contributed by atoms with Gasteiger partial charge in [-0.2, -0.15) is 0 Å². The molecule has 176 valence electrons. The molecule has 0 radical (unpaired) electrons. The summed E-state index contributed by atoms with van der Waals surface area (Å²) in [6.45, 7) is 6.97. The van der Waals surface area contributed by atoms with Gasteiger partial charge in [0.15, 0.2) is 0 Å². The van der Waals surface area contributed by atoms with Crippen molar-refractivity contribution in [2.45, 2.75) is 46.4 Å². The lowest BCUT2D eigenvalue weighted by Gasteiger charge is -2.15. The first-order valence-corrected chi connectivity index (χ1v) is 11.2. The number of hydrogen-bond donors (Lipinski definition) is 2. The Bertz CT molecular complexity index is 1460. The molecular weight excluding hydrogens is 432 g/mol. The topological polar surface area (TPSA) is 114 Å². The zero-order valence-corrected chi connectivity index (χ0v) is 19.5. The maximum atomic E-state index is 13.4. The smallest absolute Gasteiger partial charge is 0.267 e. The van der Waals surface area contributed by atoms with Crippen molar-refractivity contribution in [2.75, 3.05) is 6.61 Å². The maximum absolute atomic E-state index is 13.4. The number of nitrogens with zero attached hydrogens (tertiary/aromatic N) is 4. The van der Waals surface area contributed by atoms with Gasteiger partial charge in [0.05, 0.1) is 17.1 Å². The van der Waals surface area contributed by atoms with Gasteiger partial charge < -0.3 is 14.6 Å². The summed E-state index contributed by atoms with van der Waals surface area (Å²) in [6, 6.07) is 8.79. The molecule has 0 aliphatic rings. The summed E-state index contributed by atoms with van der Waals surface area (Å²) in [5.74, 6) is -0.434. The van der Waals surface area contributed by atoms with Crippen molar-refractivity contribution in [3.8, 4) is 0 Å². The van der Waals surface area contributed by atoms with Crippen LogP contribution in [0.15, 0.2) is 53.7 Å². The average molecular weight is 461 g/mol. The number of carbonyl (C=O) groups excluding carboxylic acids is 1. The lowest BCUT2D eigenvalue weighted by molar-refractivity contribution is 0.0748. The predicted molar refractivity (Wildman–Crippen MR) is 129 cm³/mol. The van der Waals surface area contributed by atoms with Crippen LogP contribution in [0.1, 0.15) is 41.8 Å². The average Bonchev–Trinajstić information content (AvgIpc) is 2.82. The van der Waals surface area contributed by atoms with Crippen molar-refractivity contribution in [1.82, 2.24) is 24.3 Å². The van der Waals surface area contributed by atoms with E-state index < -0.39 is 5.91 Å². The Balaban J connectivity index is 1.79. The quantitative estimate of drug-likeness (QED) is 0.310. The molecule has 0 unspecified atom stereocenters. The first-order valence-electron chi connectivity index (χ1n) is 11.2. The number of aromatic nitrogens is 4. The van der Waals surface area contributed by atoms with E-state index in [1.54, 1.807) is 35.3 Å². The van der Waals surface area contributed by atoms with Crippen LogP contribution in [-0.4, -0.2) is 37.6 Å². The fourth-order valence-corrected chi connectivity index (χ4v) is 3.76. The molecule has 4 heterocycles. The van der Waals surface area contributed by atoms with E-state index in [1.165, 1.54) is 10.5 Å². The lowest BCUT2D eigenvalue weighted by Crippen LogP contribution is -2.35. The van der Waals surface area contributed by atoms with Crippen LogP contribution in [0.4, 0.5) is 0 Å². The van der Waals surface area contributed by atoms with Crippen LogP contribution >= 0.6 is 0 Å². The molecule has 0 bridgehead atoms. The van der Waals surface area contributed by atoms with E-state index in [4.69, 9.17) is 10.1 Å². The molecule has 0 fully saturated rings. The number of rotatable bonds is 8. The zero-order chi connectivity index (χ0) is 24.2. The van der Waals surface area contributed by atoms with Crippen molar-refractivity contribution in [2.24, 2.45) is 0 Å². The first kappa shape index (κ1) is 23.3. The van der Waals surface area contributed by atoms with Crippen molar-refractivity contribution >= 4 is 22.6 Å². The van der Waals surface area contributed by atoms with E-state index in [9.17, 15) is 9.59 Å². The highest BCUT2D eigenvalue weighted by Crippen LogP contribution is 2.12. The molecule has 0 aliphatic carbocycles. The number of fused-ring (bicyclic) bond motifs is 2. The third-order valence-electron chi connectivity index (χ3n) is 5.45. The molecule has 9 heteroatoms. The first-order chi connectivity index (χ1) is 16.3. The molecule has 0 spiro atoms. The minimum absolute atomic E-state index is 0.00379. The standard InChI is InChI=1S/C25H28N6O3/c1-16(2)34-11-5-10-30-22(26)19(24(32)28-14-18-6-4-9-27-13-18)12-20-23(30)29-21-8-7-17(3)15-31(21)25(20)33/h4,6-9,12-13,15-16,26H,5,10-11,14H2,1-3H3,(H,28,32). The largest absolute Gasteiger partial charge is 0.379 e. The fourth-order valence-electron chi connectivity index (χ4n) is 3.76. The number of nitrogens with one attached hydrogen (secondary N) is 2. The minimum atomic E-state index is -0.434. The van der Waals surface area contributed by atoms with Gasteiger partial charge >= 0.3 is 0 Å². The second-order valence-electron chi connectivity index (χ2n) is 8.46. The second-order valence-corrected chi connectivity index (χ2v) is 8.46. The molecule has 0 aromatic carbocycles. The highest BCUT2D eigenvalue weighted by Gasteiger charge is 2.17. The Morgan fingerprint density at radius 1 is 1.26 bits per heavy atom. The molecule has 4 rings (SSSR count). The highest BCUT2D eigenvalue weighted by molar-refractivity contribution is 5.96. The monoisotopic (exact) mass is 460 g/mol. The number of hydrogen-bond acceptors (Lipinski definition) is 6. The molecule has 0 saturated heterocycles. The second kappa shape index (κ2) is 9.96.